The Morgan fingerprint density at radius 1 is 1.10 bits per heavy atom. The minimum atomic E-state index is -0.880. The summed E-state index contributed by atoms with van der Waals surface area (Å²) in [6.45, 7) is 3.31. The molecule has 2 heterocycles. The Hall–Kier alpha value is -2.40. The minimum absolute atomic E-state index is 0.268. The lowest BCUT2D eigenvalue weighted by Crippen LogP contribution is -2.49. The smallest absolute Gasteiger partial charge is 0.236 e. The number of carbonyl (C=O) groups excluding carboxylic acids is 2. The third kappa shape index (κ3) is 3.88. The van der Waals surface area contributed by atoms with Crippen LogP contribution >= 0.6 is 11.6 Å². The zero-order valence-electron chi connectivity index (χ0n) is 16.4. The number of imide groups is 1. The fourth-order valence-corrected chi connectivity index (χ4v) is 4.50. The fourth-order valence-electron chi connectivity index (χ4n) is 4.37. The number of benzene rings is 2. The first-order valence-electron chi connectivity index (χ1n) is 10.0. The molecule has 2 fully saturated rings. The molecular formula is C23H24ClFN2O2. The van der Waals surface area contributed by atoms with Gasteiger partial charge in [0.25, 0.3) is 0 Å². The molecule has 2 aliphatic heterocycles. The maximum atomic E-state index is 15.0. The van der Waals surface area contributed by atoms with Gasteiger partial charge in [0.2, 0.25) is 11.8 Å². The number of amides is 2. The first-order chi connectivity index (χ1) is 13.9. The van der Waals surface area contributed by atoms with Crippen LogP contribution < -0.4 is 10.2 Å². The van der Waals surface area contributed by atoms with Crippen LogP contribution in [0.5, 0.6) is 0 Å². The molecule has 2 aromatic carbocycles. The normalized spacial score (nSPS) is 23.2. The van der Waals surface area contributed by atoms with Gasteiger partial charge in [0, 0.05) is 24.5 Å². The maximum absolute atomic E-state index is 15.0. The predicted molar refractivity (Wildman–Crippen MR) is 112 cm³/mol. The highest BCUT2D eigenvalue weighted by Crippen LogP contribution is 2.36. The number of rotatable bonds is 3. The van der Waals surface area contributed by atoms with Crippen molar-refractivity contribution in [3.8, 4) is 0 Å². The van der Waals surface area contributed by atoms with Crippen LogP contribution in [-0.2, 0) is 15.0 Å². The molecule has 6 heteroatoms. The van der Waals surface area contributed by atoms with E-state index in [1.807, 2.05) is 18.2 Å². The van der Waals surface area contributed by atoms with E-state index in [-0.39, 0.29) is 24.1 Å². The fraction of sp³-hybridized carbons (Fsp3) is 0.391. The lowest BCUT2D eigenvalue weighted by atomic mass is 9.75. The van der Waals surface area contributed by atoms with E-state index in [0.29, 0.717) is 23.6 Å². The van der Waals surface area contributed by atoms with Crippen molar-refractivity contribution in [1.29, 1.82) is 0 Å². The van der Waals surface area contributed by atoms with E-state index in [4.69, 9.17) is 11.6 Å². The Balaban J connectivity index is 1.47. The van der Waals surface area contributed by atoms with Crippen molar-refractivity contribution in [2.75, 3.05) is 18.0 Å². The SMILES string of the molecule is CC1(c2ccc(N3CCC(c4ccc(Cl)cc4)CC3)c(F)c2)CCC(=O)NC1=O. The number of nitrogens with one attached hydrogen (secondary N) is 1. The Morgan fingerprint density at radius 3 is 2.41 bits per heavy atom. The van der Waals surface area contributed by atoms with Crippen LogP contribution in [0.2, 0.25) is 5.02 Å². The summed E-state index contributed by atoms with van der Waals surface area (Å²) in [6, 6.07) is 13.0. The van der Waals surface area contributed by atoms with Gasteiger partial charge in [-0.25, -0.2) is 4.39 Å². The number of anilines is 1. The molecule has 2 aromatic rings. The highest BCUT2D eigenvalue weighted by atomic mass is 35.5. The van der Waals surface area contributed by atoms with Crippen LogP contribution in [0.1, 0.15) is 49.7 Å². The van der Waals surface area contributed by atoms with Crippen LogP contribution in [-0.4, -0.2) is 24.9 Å². The topological polar surface area (TPSA) is 49.4 Å². The first-order valence-corrected chi connectivity index (χ1v) is 10.4. The van der Waals surface area contributed by atoms with Crippen molar-refractivity contribution < 1.29 is 14.0 Å². The van der Waals surface area contributed by atoms with Crippen molar-refractivity contribution in [3.63, 3.8) is 0 Å². The zero-order valence-corrected chi connectivity index (χ0v) is 17.1. The van der Waals surface area contributed by atoms with E-state index in [1.165, 1.54) is 11.6 Å². The largest absolute Gasteiger partial charge is 0.369 e. The van der Waals surface area contributed by atoms with E-state index in [9.17, 15) is 14.0 Å². The summed E-state index contributed by atoms with van der Waals surface area (Å²) in [4.78, 5) is 25.9. The quantitative estimate of drug-likeness (QED) is 0.749. The molecule has 4 nitrogen and oxygen atoms in total. The zero-order chi connectivity index (χ0) is 20.6. The van der Waals surface area contributed by atoms with Crippen molar-refractivity contribution >= 4 is 29.1 Å². The molecule has 1 N–H and O–H groups in total. The highest BCUT2D eigenvalue weighted by molar-refractivity contribution is 6.30. The van der Waals surface area contributed by atoms with Crippen molar-refractivity contribution in [3.05, 3.63) is 64.4 Å². The van der Waals surface area contributed by atoms with Crippen LogP contribution in [0.3, 0.4) is 0 Å². The molecule has 0 aliphatic carbocycles. The van der Waals surface area contributed by atoms with Gasteiger partial charge < -0.3 is 4.90 Å². The molecule has 1 unspecified atom stereocenters. The summed E-state index contributed by atoms with van der Waals surface area (Å²) < 4.78 is 15.0. The predicted octanol–water partition coefficient (Wildman–Crippen LogP) is 4.56. The highest BCUT2D eigenvalue weighted by Gasteiger charge is 2.40. The third-order valence-corrected chi connectivity index (χ3v) is 6.62. The van der Waals surface area contributed by atoms with Gasteiger partial charge in [-0.05, 0) is 67.5 Å². The molecule has 4 rings (SSSR count). The molecule has 2 amide bonds. The second kappa shape index (κ2) is 7.79. The average Bonchev–Trinajstić information content (AvgIpc) is 2.72. The van der Waals surface area contributed by atoms with Gasteiger partial charge in [-0.3, -0.25) is 14.9 Å². The average molecular weight is 415 g/mol. The van der Waals surface area contributed by atoms with Gasteiger partial charge in [0.15, 0.2) is 0 Å². The molecule has 2 aliphatic rings. The number of hydrogen-bond acceptors (Lipinski definition) is 3. The van der Waals surface area contributed by atoms with E-state index in [1.54, 1.807) is 13.0 Å². The van der Waals surface area contributed by atoms with Gasteiger partial charge >= 0.3 is 0 Å². The summed E-state index contributed by atoms with van der Waals surface area (Å²) in [7, 11) is 0. The van der Waals surface area contributed by atoms with Gasteiger partial charge in [-0.15, -0.1) is 0 Å². The maximum Gasteiger partial charge on any atom is 0.236 e. The van der Waals surface area contributed by atoms with Gasteiger partial charge in [0.1, 0.15) is 5.82 Å². The molecule has 29 heavy (non-hydrogen) atoms. The molecule has 0 bridgehead atoms. The third-order valence-electron chi connectivity index (χ3n) is 6.37. The monoisotopic (exact) mass is 414 g/mol. The molecule has 0 saturated carbocycles. The minimum Gasteiger partial charge on any atom is -0.369 e. The second-order valence-electron chi connectivity index (χ2n) is 8.19. The van der Waals surface area contributed by atoms with Gasteiger partial charge in [0.05, 0.1) is 11.1 Å². The second-order valence-corrected chi connectivity index (χ2v) is 8.62. The number of nitrogens with zero attached hydrogens (tertiary/aromatic N) is 1. The molecule has 0 aromatic heterocycles. The van der Waals surface area contributed by atoms with Crippen LogP contribution in [0.15, 0.2) is 42.5 Å². The van der Waals surface area contributed by atoms with E-state index in [0.717, 1.165) is 31.0 Å². The summed E-state index contributed by atoms with van der Waals surface area (Å²) in [5.74, 6) is -0.496. The van der Waals surface area contributed by atoms with Crippen LogP contribution in [0, 0.1) is 5.82 Å². The lowest BCUT2D eigenvalue weighted by molar-refractivity contribution is -0.137. The summed E-state index contributed by atoms with van der Waals surface area (Å²) in [6.07, 6.45) is 2.56. The van der Waals surface area contributed by atoms with Gasteiger partial charge in [-0.2, -0.15) is 0 Å². The lowest BCUT2D eigenvalue weighted by Gasteiger charge is -2.35. The molecule has 0 spiro atoms. The molecule has 1 atom stereocenters. The van der Waals surface area contributed by atoms with Crippen molar-refractivity contribution in [2.45, 2.75) is 43.9 Å². The van der Waals surface area contributed by atoms with Crippen LogP contribution in [0.4, 0.5) is 10.1 Å². The Kier molecular flexibility index (Phi) is 5.34. The van der Waals surface area contributed by atoms with E-state index in [2.05, 4.69) is 22.3 Å². The molecule has 0 radical (unpaired) electrons. The number of halogens is 2. The van der Waals surface area contributed by atoms with Gasteiger partial charge in [-0.1, -0.05) is 29.8 Å². The van der Waals surface area contributed by atoms with E-state index < -0.39 is 5.41 Å². The number of piperidine rings is 2. The Bertz CT molecular complexity index is 938. The van der Waals surface area contributed by atoms with Crippen molar-refractivity contribution in [1.82, 2.24) is 5.32 Å². The number of hydrogen-bond donors (Lipinski definition) is 1. The summed E-state index contributed by atoms with van der Waals surface area (Å²) in [5.41, 5.74) is 1.57. The van der Waals surface area contributed by atoms with E-state index >= 15 is 0 Å². The van der Waals surface area contributed by atoms with Crippen molar-refractivity contribution in [2.24, 2.45) is 0 Å². The Labute approximate surface area is 175 Å². The Morgan fingerprint density at radius 2 is 1.79 bits per heavy atom. The summed E-state index contributed by atoms with van der Waals surface area (Å²) in [5, 5.41) is 3.10. The molecule has 152 valence electrons. The first kappa shape index (κ1) is 19.9. The molecular weight excluding hydrogens is 391 g/mol. The number of carbonyl (C=O) groups is 2. The molecule has 2 saturated heterocycles. The summed E-state index contributed by atoms with van der Waals surface area (Å²) >= 11 is 5.97. The standard InChI is InChI=1S/C23H24ClFN2O2/c1-23(11-8-21(28)26-22(23)29)17-4-7-20(19(25)14-17)27-12-9-16(10-13-27)15-2-5-18(24)6-3-15/h2-7,14,16H,8-13H2,1H3,(H,26,28,29). The van der Waals surface area contributed by atoms with Crippen LogP contribution in [0.25, 0.3) is 0 Å².